The topological polar surface area (TPSA) is 22.1 Å². The molecule has 0 N–H and O–H groups in total. The minimum Gasteiger partial charge on any atom is -0.492 e. The largest absolute Gasteiger partial charge is 0.492 e. The van der Waals surface area contributed by atoms with E-state index in [0.29, 0.717) is 23.5 Å². The first kappa shape index (κ1) is 12.8. The normalized spacial score (nSPS) is 12.9. The lowest BCUT2D eigenvalue weighted by atomic mass is 9.99. The predicted octanol–water partition coefficient (Wildman–Crippen LogP) is 3.78. The smallest absolute Gasteiger partial charge is 0.139 e. The number of alkyl halides is 1. The van der Waals surface area contributed by atoms with E-state index in [1.807, 2.05) is 0 Å². The van der Waals surface area contributed by atoms with E-state index >= 15 is 0 Å². The lowest BCUT2D eigenvalue weighted by Gasteiger charge is -2.18. The molecule has 0 saturated heterocycles. The van der Waals surface area contributed by atoms with E-state index in [9.17, 15) is 0 Å². The summed E-state index contributed by atoms with van der Waals surface area (Å²) in [5, 5.41) is 1.55. The van der Waals surface area contributed by atoms with E-state index in [1.165, 1.54) is 0 Å². The predicted molar refractivity (Wildman–Crippen MR) is 66.9 cm³/mol. The third-order valence-corrected chi connectivity index (χ3v) is 3.32. The van der Waals surface area contributed by atoms with Gasteiger partial charge in [-0.25, -0.2) is 0 Å². The molecule has 4 heteroatoms. The molecule has 84 valence electrons. The van der Waals surface area contributed by atoms with Crippen LogP contribution in [-0.2, 0) is 0 Å². The molecular weight excluding hydrogens is 277 g/mol. The number of nitrogens with zero attached hydrogens (tertiary/aromatic N) is 1. The van der Waals surface area contributed by atoms with E-state index < -0.39 is 0 Å². The number of hydrogen-bond donors (Lipinski definition) is 0. The fraction of sp³-hybridized carbons (Fsp3) is 0.545. The highest BCUT2D eigenvalue weighted by Gasteiger charge is 2.12. The van der Waals surface area contributed by atoms with Crippen LogP contribution in [0.2, 0.25) is 5.02 Å². The summed E-state index contributed by atoms with van der Waals surface area (Å²) in [5.74, 6) is 1.83. The van der Waals surface area contributed by atoms with Gasteiger partial charge in [-0.15, -0.1) is 0 Å². The summed E-state index contributed by atoms with van der Waals surface area (Å²) in [4.78, 5) is 3.96. The van der Waals surface area contributed by atoms with Crippen LogP contribution in [0.4, 0.5) is 0 Å². The van der Waals surface area contributed by atoms with Gasteiger partial charge in [-0.1, -0.05) is 41.4 Å². The molecule has 1 atom stereocenters. The minimum atomic E-state index is 0.504. The second kappa shape index (κ2) is 6.33. The van der Waals surface area contributed by atoms with Gasteiger partial charge >= 0.3 is 0 Å². The summed E-state index contributed by atoms with van der Waals surface area (Å²) in [6.07, 6.45) is 3.27. The van der Waals surface area contributed by atoms with Gasteiger partial charge < -0.3 is 4.74 Å². The number of rotatable bonds is 5. The van der Waals surface area contributed by atoms with Crippen molar-refractivity contribution in [3.8, 4) is 5.75 Å². The van der Waals surface area contributed by atoms with Gasteiger partial charge in [0, 0.05) is 23.5 Å². The summed E-state index contributed by atoms with van der Waals surface area (Å²) >= 11 is 9.29. The maximum atomic E-state index is 5.80. The van der Waals surface area contributed by atoms with Gasteiger partial charge in [0.1, 0.15) is 5.75 Å². The molecule has 0 aliphatic heterocycles. The fourth-order valence-electron chi connectivity index (χ4n) is 1.09. The maximum absolute atomic E-state index is 5.80. The van der Waals surface area contributed by atoms with Crippen molar-refractivity contribution in [1.82, 2.24) is 4.98 Å². The third-order valence-electron chi connectivity index (χ3n) is 2.28. The highest BCUT2D eigenvalue weighted by atomic mass is 79.9. The van der Waals surface area contributed by atoms with Crippen LogP contribution in [0.1, 0.15) is 13.8 Å². The Morgan fingerprint density at radius 3 is 2.73 bits per heavy atom. The molecule has 0 aromatic carbocycles. The van der Waals surface area contributed by atoms with Gasteiger partial charge in [-0.3, -0.25) is 4.98 Å². The molecule has 0 bridgehead atoms. The second-order valence-corrected chi connectivity index (χ2v) is 4.89. The molecule has 1 aromatic heterocycles. The summed E-state index contributed by atoms with van der Waals surface area (Å²) < 4.78 is 5.62. The first-order valence-electron chi connectivity index (χ1n) is 4.92. The van der Waals surface area contributed by atoms with Crippen molar-refractivity contribution in [2.24, 2.45) is 11.8 Å². The lowest BCUT2D eigenvalue weighted by molar-refractivity contribution is 0.227. The Bertz CT molecular complexity index is 306. The summed E-state index contributed by atoms with van der Waals surface area (Å²) in [7, 11) is 0. The average Bonchev–Trinajstić information content (AvgIpc) is 2.18. The van der Waals surface area contributed by atoms with Crippen LogP contribution in [-0.4, -0.2) is 16.9 Å². The molecule has 0 aliphatic rings. The van der Waals surface area contributed by atoms with Crippen molar-refractivity contribution in [2.75, 3.05) is 11.9 Å². The molecule has 0 saturated carbocycles. The molecule has 0 spiro atoms. The number of pyridine rings is 1. The second-order valence-electron chi connectivity index (χ2n) is 3.81. The van der Waals surface area contributed by atoms with Gasteiger partial charge in [0.05, 0.1) is 17.8 Å². The average molecular weight is 293 g/mol. The highest BCUT2D eigenvalue weighted by Crippen LogP contribution is 2.19. The SMILES string of the molecule is CC(C)C(CBr)COc1cncc(Cl)c1. The minimum absolute atomic E-state index is 0.504. The molecule has 0 aliphatic carbocycles. The summed E-state index contributed by atoms with van der Waals surface area (Å²) in [6.45, 7) is 5.06. The van der Waals surface area contributed by atoms with E-state index in [4.69, 9.17) is 16.3 Å². The molecule has 1 rings (SSSR count). The van der Waals surface area contributed by atoms with Crippen LogP contribution >= 0.6 is 27.5 Å². The quantitative estimate of drug-likeness (QED) is 0.771. The van der Waals surface area contributed by atoms with Crippen molar-refractivity contribution >= 4 is 27.5 Å². The number of hydrogen-bond acceptors (Lipinski definition) is 2. The molecule has 1 unspecified atom stereocenters. The summed E-state index contributed by atoms with van der Waals surface area (Å²) in [6, 6.07) is 1.78. The van der Waals surface area contributed by atoms with Crippen LogP contribution in [0.5, 0.6) is 5.75 Å². The zero-order valence-electron chi connectivity index (χ0n) is 8.91. The number of ether oxygens (including phenoxy) is 1. The van der Waals surface area contributed by atoms with E-state index in [2.05, 4.69) is 34.8 Å². The Balaban J connectivity index is 2.49. The van der Waals surface area contributed by atoms with Crippen molar-refractivity contribution in [3.05, 3.63) is 23.5 Å². The molecule has 1 aromatic rings. The molecule has 0 fully saturated rings. The monoisotopic (exact) mass is 291 g/mol. The Morgan fingerprint density at radius 2 is 2.20 bits per heavy atom. The van der Waals surface area contributed by atoms with Crippen LogP contribution in [0.25, 0.3) is 0 Å². The summed E-state index contributed by atoms with van der Waals surface area (Å²) in [5.41, 5.74) is 0. The standard InChI is InChI=1S/C11H15BrClNO/c1-8(2)9(4-12)7-15-11-3-10(13)5-14-6-11/h3,5-6,8-9H,4,7H2,1-2H3. The van der Waals surface area contributed by atoms with Gasteiger partial charge in [-0.2, -0.15) is 0 Å². The molecule has 15 heavy (non-hydrogen) atoms. The zero-order chi connectivity index (χ0) is 11.3. The van der Waals surface area contributed by atoms with E-state index in [-0.39, 0.29) is 0 Å². The fourth-order valence-corrected chi connectivity index (χ4v) is 2.19. The first-order chi connectivity index (χ1) is 7.13. The first-order valence-corrected chi connectivity index (χ1v) is 6.42. The maximum Gasteiger partial charge on any atom is 0.139 e. The highest BCUT2D eigenvalue weighted by molar-refractivity contribution is 9.09. The Labute approximate surface area is 104 Å². The van der Waals surface area contributed by atoms with Crippen molar-refractivity contribution in [3.63, 3.8) is 0 Å². The molecule has 0 radical (unpaired) electrons. The van der Waals surface area contributed by atoms with Crippen LogP contribution in [0, 0.1) is 11.8 Å². The van der Waals surface area contributed by atoms with Crippen molar-refractivity contribution in [2.45, 2.75) is 13.8 Å². The van der Waals surface area contributed by atoms with Gasteiger partial charge in [-0.05, 0) is 5.92 Å². The zero-order valence-corrected chi connectivity index (χ0v) is 11.3. The Morgan fingerprint density at radius 1 is 1.47 bits per heavy atom. The lowest BCUT2D eigenvalue weighted by Crippen LogP contribution is -2.19. The van der Waals surface area contributed by atoms with Gasteiger partial charge in [0.2, 0.25) is 0 Å². The van der Waals surface area contributed by atoms with Crippen LogP contribution < -0.4 is 4.74 Å². The van der Waals surface area contributed by atoms with Crippen LogP contribution in [0.3, 0.4) is 0 Å². The Hall–Kier alpha value is -0.280. The molecule has 1 heterocycles. The molecular formula is C11H15BrClNO. The van der Waals surface area contributed by atoms with E-state index in [1.54, 1.807) is 18.5 Å². The van der Waals surface area contributed by atoms with Crippen molar-refractivity contribution in [1.29, 1.82) is 0 Å². The Kier molecular flexibility index (Phi) is 5.40. The third kappa shape index (κ3) is 4.39. The van der Waals surface area contributed by atoms with Gasteiger partial charge in [0.25, 0.3) is 0 Å². The molecule has 2 nitrogen and oxygen atoms in total. The number of halogens is 2. The number of aromatic nitrogens is 1. The van der Waals surface area contributed by atoms with E-state index in [0.717, 1.165) is 11.1 Å². The van der Waals surface area contributed by atoms with Gasteiger partial charge in [0.15, 0.2) is 0 Å². The molecule has 0 amide bonds. The van der Waals surface area contributed by atoms with Crippen LogP contribution in [0.15, 0.2) is 18.5 Å². The van der Waals surface area contributed by atoms with Crippen molar-refractivity contribution < 1.29 is 4.74 Å².